The molecule has 0 spiro atoms. The summed E-state index contributed by atoms with van der Waals surface area (Å²) in [7, 11) is 0. The van der Waals surface area contributed by atoms with Crippen LogP contribution in [-0.4, -0.2) is 36.1 Å². The topological polar surface area (TPSA) is 15.3 Å². The van der Waals surface area contributed by atoms with Crippen molar-refractivity contribution >= 4 is 0 Å². The lowest BCUT2D eigenvalue weighted by Crippen LogP contribution is -2.55. The van der Waals surface area contributed by atoms with E-state index in [0.29, 0.717) is 0 Å². The molecule has 100 valence electrons. The van der Waals surface area contributed by atoms with Crippen LogP contribution in [0.15, 0.2) is 0 Å². The quantitative estimate of drug-likeness (QED) is 0.810. The largest absolute Gasteiger partial charge is 0.311 e. The van der Waals surface area contributed by atoms with Gasteiger partial charge in [0.05, 0.1) is 0 Å². The summed E-state index contributed by atoms with van der Waals surface area (Å²) in [6.45, 7) is 10.5. The van der Waals surface area contributed by atoms with Crippen molar-refractivity contribution in [1.82, 2.24) is 10.2 Å². The molecule has 2 heteroatoms. The molecule has 2 aliphatic rings. The van der Waals surface area contributed by atoms with Crippen molar-refractivity contribution in [3.8, 4) is 0 Å². The van der Waals surface area contributed by atoms with E-state index in [-0.39, 0.29) is 5.54 Å². The number of hydrogen-bond donors (Lipinski definition) is 1. The summed E-state index contributed by atoms with van der Waals surface area (Å²) in [5.41, 5.74) is 0.272. The Labute approximate surface area is 107 Å². The average molecular weight is 238 g/mol. The fraction of sp³-hybridized carbons (Fsp3) is 1.00. The van der Waals surface area contributed by atoms with E-state index in [1.165, 1.54) is 51.6 Å². The molecular weight excluding hydrogens is 208 g/mol. The Bertz CT molecular complexity index is 235. The molecule has 1 heterocycles. The van der Waals surface area contributed by atoms with Crippen molar-refractivity contribution in [2.75, 3.05) is 19.6 Å². The third kappa shape index (κ3) is 3.45. The molecule has 1 saturated heterocycles. The van der Waals surface area contributed by atoms with Crippen LogP contribution in [-0.2, 0) is 0 Å². The molecule has 0 unspecified atom stereocenters. The maximum Gasteiger partial charge on any atom is 0.0252 e. The van der Waals surface area contributed by atoms with Crippen LogP contribution in [0.5, 0.6) is 0 Å². The molecule has 2 fully saturated rings. The predicted octanol–water partition coefficient (Wildman–Crippen LogP) is 3.03. The van der Waals surface area contributed by atoms with E-state index in [9.17, 15) is 0 Å². The van der Waals surface area contributed by atoms with E-state index in [1.807, 2.05) is 0 Å². The summed E-state index contributed by atoms with van der Waals surface area (Å²) in [6.07, 6.45) is 8.78. The van der Waals surface area contributed by atoms with E-state index < -0.39 is 0 Å². The van der Waals surface area contributed by atoms with E-state index in [2.05, 4.69) is 31.0 Å². The van der Waals surface area contributed by atoms with Crippen molar-refractivity contribution in [3.05, 3.63) is 0 Å². The fourth-order valence-electron chi connectivity index (χ4n) is 3.97. The van der Waals surface area contributed by atoms with Gasteiger partial charge in [0.25, 0.3) is 0 Å². The van der Waals surface area contributed by atoms with Crippen molar-refractivity contribution in [2.45, 2.75) is 70.9 Å². The first-order chi connectivity index (χ1) is 8.12. The molecule has 0 aromatic heterocycles. The Morgan fingerprint density at radius 3 is 2.59 bits per heavy atom. The summed E-state index contributed by atoms with van der Waals surface area (Å²) < 4.78 is 0. The summed E-state index contributed by atoms with van der Waals surface area (Å²) in [5, 5.41) is 3.62. The molecule has 17 heavy (non-hydrogen) atoms. The zero-order valence-corrected chi connectivity index (χ0v) is 12.0. The molecular formula is C15H30N2. The lowest BCUT2D eigenvalue weighted by Gasteiger charge is -2.47. The first kappa shape index (κ1) is 13.4. The molecule has 1 aliphatic carbocycles. The standard InChI is InChI=1S/C15H30N2/c1-4-16-15(2,3)12-17-11-7-9-13-8-5-6-10-14(13)17/h13-14,16H,4-12H2,1-3H3/t13-,14-/m1/s1. The SMILES string of the molecule is CCNC(C)(C)CN1CCC[C@H]2CCCC[C@H]21. The summed E-state index contributed by atoms with van der Waals surface area (Å²) in [6, 6.07) is 0.899. The molecule has 1 aliphatic heterocycles. The van der Waals surface area contributed by atoms with E-state index >= 15 is 0 Å². The van der Waals surface area contributed by atoms with Gasteiger partial charge in [-0.3, -0.25) is 4.90 Å². The molecule has 0 aromatic rings. The van der Waals surface area contributed by atoms with Gasteiger partial charge in [0.15, 0.2) is 0 Å². The van der Waals surface area contributed by atoms with Crippen LogP contribution < -0.4 is 5.32 Å². The van der Waals surface area contributed by atoms with Crippen LogP contribution in [0.4, 0.5) is 0 Å². The number of rotatable bonds is 4. The second-order valence-electron chi connectivity index (χ2n) is 6.64. The molecule has 1 saturated carbocycles. The minimum atomic E-state index is 0.272. The Morgan fingerprint density at radius 2 is 1.82 bits per heavy atom. The summed E-state index contributed by atoms with van der Waals surface area (Å²) >= 11 is 0. The van der Waals surface area contributed by atoms with Crippen molar-refractivity contribution < 1.29 is 0 Å². The number of fused-ring (bicyclic) bond motifs is 1. The van der Waals surface area contributed by atoms with Gasteiger partial charge < -0.3 is 5.32 Å². The highest BCUT2D eigenvalue weighted by Gasteiger charge is 2.35. The molecule has 0 radical (unpaired) electrons. The molecule has 0 bridgehead atoms. The van der Waals surface area contributed by atoms with Gasteiger partial charge in [-0.25, -0.2) is 0 Å². The summed E-state index contributed by atoms with van der Waals surface area (Å²) in [4.78, 5) is 2.79. The number of nitrogens with one attached hydrogen (secondary N) is 1. The number of likely N-dealkylation sites (tertiary alicyclic amines) is 1. The monoisotopic (exact) mass is 238 g/mol. The minimum absolute atomic E-state index is 0.272. The highest BCUT2D eigenvalue weighted by molar-refractivity contribution is 4.91. The number of hydrogen-bond acceptors (Lipinski definition) is 2. The Morgan fingerprint density at radius 1 is 1.12 bits per heavy atom. The lowest BCUT2D eigenvalue weighted by molar-refractivity contribution is 0.0418. The van der Waals surface area contributed by atoms with Crippen LogP contribution in [0.2, 0.25) is 0 Å². The zero-order chi connectivity index (χ0) is 12.3. The second-order valence-corrected chi connectivity index (χ2v) is 6.64. The first-order valence-electron chi connectivity index (χ1n) is 7.61. The van der Waals surface area contributed by atoms with Crippen molar-refractivity contribution in [3.63, 3.8) is 0 Å². The molecule has 1 N–H and O–H groups in total. The molecule has 0 aromatic carbocycles. The molecule has 2 rings (SSSR count). The van der Waals surface area contributed by atoms with Crippen LogP contribution in [0.1, 0.15) is 59.3 Å². The molecule has 0 amide bonds. The lowest BCUT2D eigenvalue weighted by atomic mass is 9.78. The Balaban J connectivity index is 1.94. The fourth-order valence-corrected chi connectivity index (χ4v) is 3.97. The number of piperidine rings is 1. The van der Waals surface area contributed by atoms with Crippen molar-refractivity contribution in [1.29, 1.82) is 0 Å². The highest BCUT2D eigenvalue weighted by Crippen LogP contribution is 2.35. The van der Waals surface area contributed by atoms with Gasteiger partial charge in [0.2, 0.25) is 0 Å². The minimum Gasteiger partial charge on any atom is -0.311 e. The van der Waals surface area contributed by atoms with Gasteiger partial charge in [-0.15, -0.1) is 0 Å². The van der Waals surface area contributed by atoms with Gasteiger partial charge in [0, 0.05) is 18.1 Å². The van der Waals surface area contributed by atoms with Crippen LogP contribution in [0, 0.1) is 5.92 Å². The predicted molar refractivity (Wildman–Crippen MR) is 74.3 cm³/mol. The van der Waals surface area contributed by atoms with Gasteiger partial charge >= 0.3 is 0 Å². The third-order valence-electron chi connectivity index (χ3n) is 4.61. The van der Waals surface area contributed by atoms with Gasteiger partial charge in [0.1, 0.15) is 0 Å². The average Bonchev–Trinajstić information content (AvgIpc) is 2.29. The van der Waals surface area contributed by atoms with Crippen molar-refractivity contribution in [2.24, 2.45) is 5.92 Å². The Kier molecular flexibility index (Phi) is 4.48. The van der Waals surface area contributed by atoms with Crippen LogP contribution in [0.25, 0.3) is 0 Å². The molecule has 2 atom stereocenters. The second kappa shape index (κ2) is 5.71. The number of nitrogens with zero attached hydrogens (tertiary/aromatic N) is 1. The maximum absolute atomic E-state index is 3.62. The third-order valence-corrected chi connectivity index (χ3v) is 4.61. The summed E-state index contributed by atoms with van der Waals surface area (Å²) in [5.74, 6) is 1.01. The van der Waals surface area contributed by atoms with E-state index in [4.69, 9.17) is 0 Å². The Hall–Kier alpha value is -0.0800. The smallest absolute Gasteiger partial charge is 0.0252 e. The van der Waals surface area contributed by atoms with E-state index in [1.54, 1.807) is 0 Å². The van der Waals surface area contributed by atoms with Gasteiger partial charge in [-0.1, -0.05) is 19.8 Å². The molecule has 2 nitrogen and oxygen atoms in total. The number of likely N-dealkylation sites (N-methyl/N-ethyl adjacent to an activating group) is 1. The first-order valence-corrected chi connectivity index (χ1v) is 7.61. The maximum atomic E-state index is 3.62. The van der Waals surface area contributed by atoms with Gasteiger partial charge in [-0.05, 0) is 58.5 Å². The zero-order valence-electron chi connectivity index (χ0n) is 12.0. The van der Waals surface area contributed by atoms with Gasteiger partial charge in [-0.2, -0.15) is 0 Å². The van der Waals surface area contributed by atoms with Crippen LogP contribution >= 0.6 is 0 Å². The van der Waals surface area contributed by atoms with E-state index in [0.717, 1.165) is 18.5 Å². The normalized spacial score (nSPS) is 31.2. The highest BCUT2D eigenvalue weighted by atomic mass is 15.2. The van der Waals surface area contributed by atoms with Crippen LogP contribution in [0.3, 0.4) is 0 Å².